The zero-order chi connectivity index (χ0) is 11.6. The molecule has 82 valence electrons. The van der Waals surface area contributed by atoms with Gasteiger partial charge in [0, 0.05) is 0 Å². The normalized spacial score (nSPS) is 11.6. The van der Waals surface area contributed by atoms with Crippen molar-refractivity contribution < 1.29 is 73.1 Å². The molecular formula is C9H7BF5K. The van der Waals surface area contributed by atoms with E-state index in [1.165, 1.54) is 6.92 Å². The fourth-order valence-corrected chi connectivity index (χ4v) is 1.06. The molecule has 0 bridgehead atoms. The van der Waals surface area contributed by atoms with E-state index in [4.69, 9.17) is 0 Å². The second-order valence-corrected chi connectivity index (χ2v) is 3.06. The fourth-order valence-electron chi connectivity index (χ4n) is 1.06. The molecule has 0 nitrogen and oxygen atoms in total. The van der Waals surface area contributed by atoms with Crippen LogP contribution in [-0.2, 0) is 0 Å². The van der Waals surface area contributed by atoms with Crippen molar-refractivity contribution in [2.24, 2.45) is 0 Å². The summed E-state index contributed by atoms with van der Waals surface area (Å²) in [5.41, 5.74) is -0.112. The van der Waals surface area contributed by atoms with E-state index >= 15 is 0 Å². The quantitative estimate of drug-likeness (QED) is 0.542. The van der Waals surface area contributed by atoms with Crippen LogP contribution in [0.3, 0.4) is 0 Å². The van der Waals surface area contributed by atoms with Crippen LogP contribution in [0.2, 0.25) is 0 Å². The van der Waals surface area contributed by atoms with Crippen LogP contribution in [0.4, 0.5) is 21.7 Å². The molecule has 0 saturated heterocycles. The van der Waals surface area contributed by atoms with Crippen LogP contribution in [0.15, 0.2) is 18.1 Å². The van der Waals surface area contributed by atoms with Crippen molar-refractivity contribution in [1.82, 2.24) is 0 Å². The van der Waals surface area contributed by atoms with Crippen LogP contribution in [0, 0.1) is 18.6 Å². The molecule has 0 aliphatic heterocycles. The van der Waals surface area contributed by atoms with Gasteiger partial charge in [-0.1, -0.05) is 12.1 Å². The SMILES string of the molecule is Cc1c(/C=C/[B-](F)(F)F)ccc(F)c1F.[K+]. The molecule has 0 unspecified atom stereocenters. The monoisotopic (exact) mass is 260 g/mol. The topological polar surface area (TPSA) is 0 Å². The minimum absolute atomic E-state index is 0. The van der Waals surface area contributed by atoms with Crippen molar-refractivity contribution >= 4 is 13.1 Å². The molecule has 0 aliphatic carbocycles. The molecule has 0 radical (unpaired) electrons. The van der Waals surface area contributed by atoms with Crippen LogP contribution in [0.5, 0.6) is 0 Å². The molecule has 0 amide bonds. The summed E-state index contributed by atoms with van der Waals surface area (Å²) in [5, 5.41) is 0. The molecule has 16 heavy (non-hydrogen) atoms. The summed E-state index contributed by atoms with van der Waals surface area (Å²) in [6.45, 7) is -3.84. The molecule has 0 aliphatic rings. The summed E-state index contributed by atoms with van der Waals surface area (Å²) in [6.07, 6.45) is 0.734. The van der Waals surface area contributed by atoms with Gasteiger partial charge in [-0.05, 0) is 24.1 Å². The Morgan fingerprint density at radius 2 is 1.69 bits per heavy atom. The van der Waals surface area contributed by atoms with Crippen molar-refractivity contribution in [3.8, 4) is 0 Å². The van der Waals surface area contributed by atoms with Crippen molar-refractivity contribution in [2.45, 2.75) is 6.92 Å². The molecule has 1 aromatic carbocycles. The third-order valence-corrected chi connectivity index (χ3v) is 1.88. The van der Waals surface area contributed by atoms with Gasteiger partial charge in [0.15, 0.2) is 11.6 Å². The van der Waals surface area contributed by atoms with E-state index in [0.29, 0.717) is 0 Å². The molecule has 0 aromatic heterocycles. The first-order valence-electron chi connectivity index (χ1n) is 4.15. The molecule has 1 aromatic rings. The van der Waals surface area contributed by atoms with Gasteiger partial charge in [-0.15, -0.1) is 5.98 Å². The Labute approximate surface area is 132 Å². The van der Waals surface area contributed by atoms with E-state index in [9.17, 15) is 21.7 Å². The van der Waals surface area contributed by atoms with Gasteiger partial charge in [-0.2, -0.15) is 0 Å². The Hall–Kier alpha value is 0.311. The van der Waals surface area contributed by atoms with Gasteiger partial charge >= 0.3 is 58.4 Å². The van der Waals surface area contributed by atoms with Gasteiger partial charge in [0.05, 0.1) is 0 Å². The molecular weight excluding hydrogens is 253 g/mol. The van der Waals surface area contributed by atoms with Gasteiger partial charge in [-0.25, -0.2) is 8.78 Å². The van der Waals surface area contributed by atoms with E-state index < -0.39 is 18.6 Å². The third-order valence-electron chi connectivity index (χ3n) is 1.88. The van der Waals surface area contributed by atoms with E-state index in [2.05, 4.69) is 0 Å². The minimum Gasteiger partial charge on any atom is -0.445 e. The summed E-state index contributed by atoms with van der Waals surface area (Å²) < 4.78 is 61.1. The fraction of sp³-hybridized carbons (Fsp3) is 0.111. The summed E-state index contributed by atoms with van der Waals surface area (Å²) in [4.78, 5) is 0. The van der Waals surface area contributed by atoms with Crippen molar-refractivity contribution in [3.05, 3.63) is 40.9 Å². The second kappa shape index (κ2) is 6.30. The van der Waals surface area contributed by atoms with Gasteiger partial charge in [-0.3, -0.25) is 0 Å². The Balaban J connectivity index is 0.00000225. The Morgan fingerprint density at radius 3 is 2.19 bits per heavy atom. The number of hydrogen-bond acceptors (Lipinski definition) is 0. The summed E-state index contributed by atoms with van der Waals surface area (Å²) >= 11 is 0. The molecule has 1 rings (SSSR count). The van der Waals surface area contributed by atoms with Gasteiger partial charge in [0.25, 0.3) is 0 Å². The maximum absolute atomic E-state index is 12.9. The summed E-state index contributed by atoms with van der Waals surface area (Å²) in [6, 6.07) is 1.90. The zero-order valence-corrected chi connectivity index (χ0v) is 11.9. The maximum Gasteiger partial charge on any atom is 1.00 e. The van der Waals surface area contributed by atoms with Crippen LogP contribution in [0.25, 0.3) is 6.08 Å². The van der Waals surface area contributed by atoms with E-state index in [-0.39, 0.29) is 68.5 Å². The smallest absolute Gasteiger partial charge is 0.445 e. The molecule has 0 fully saturated rings. The van der Waals surface area contributed by atoms with Crippen LogP contribution in [0.1, 0.15) is 11.1 Å². The molecule has 0 N–H and O–H groups in total. The predicted molar refractivity (Wildman–Crippen MR) is 49.2 cm³/mol. The number of benzene rings is 1. The third kappa shape index (κ3) is 4.67. The van der Waals surface area contributed by atoms with E-state index in [1.807, 2.05) is 0 Å². The van der Waals surface area contributed by atoms with Crippen LogP contribution < -0.4 is 51.4 Å². The number of rotatable bonds is 2. The maximum atomic E-state index is 12.9. The largest absolute Gasteiger partial charge is 1.00 e. The average molecular weight is 260 g/mol. The summed E-state index contributed by atoms with van der Waals surface area (Å²) in [5.74, 6) is -2.14. The molecule has 7 heteroatoms. The zero-order valence-electron chi connectivity index (χ0n) is 8.78. The van der Waals surface area contributed by atoms with Gasteiger partial charge in [0.2, 0.25) is 0 Å². The molecule has 0 spiro atoms. The second-order valence-electron chi connectivity index (χ2n) is 3.06. The van der Waals surface area contributed by atoms with E-state index in [0.717, 1.165) is 18.2 Å². The standard InChI is InChI=1S/C9H7BF5.K/c1-6-7(4-5-10(13,14)15)2-3-8(11)9(6)12;/h2-5H,1H3;/q-1;+1/b5-4+;. The van der Waals surface area contributed by atoms with Gasteiger partial charge < -0.3 is 12.9 Å². The van der Waals surface area contributed by atoms with Crippen molar-refractivity contribution in [1.29, 1.82) is 0 Å². The minimum atomic E-state index is -5.06. The Kier molecular flexibility index (Phi) is 6.42. The first kappa shape index (κ1) is 16.3. The average Bonchev–Trinajstić information content (AvgIpc) is 2.12. The molecule has 0 heterocycles. The first-order chi connectivity index (χ1) is 6.81. The number of hydrogen-bond donors (Lipinski definition) is 0. The Morgan fingerprint density at radius 1 is 1.12 bits per heavy atom. The predicted octanol–water partition coefficient (Wildman–Crippen LogP) is 0.677. The first-order valence-corrected chi connectivity index (χ1v) is 4.15. The van der Waals surface area contributed by atoms with Crippen molar-refractivity contribution in [2.75, 3.05) is 0 Å². The molecule has 0 saturated carbocycles. The van der Waals surface area contributed by atoms with Crippen LogP contribution in [-0.4, -0.2) is 6.98 Å². The van der Waals surface area contributed by atoms with Crippen LogP contribution >= 0.6 is 0 Å². The van der Waals surface area contributed by atoms with E-state index in [1.54, 1.807) is 0 Å². The Bertz CT molecular complexity index is 400. The number of halogens is 5. The molecule has 0 atom stereocenters. The van der Waals surface area contributed by atoms with Crippen molar-refractivity contribution in [3.63, 3.8) is 0 Å². The van der Waals surface area contributed by atoms with Gasteiger partial charge in [0.1, 0.15) is 0 Å². The summed E-state index contributed by atoms with van der Waals surface area (Å²) in [7, 11) is 0.